The van der Waals surface area contributed by atoms with E-state index in [0.29, 0.717) is 6.04 Å². The van der Waals surface area contributed by atoms with Crippen molar-refractivity contribution in [2.45, 2.75) is 45.1 Å². The molecule has 2 N–H and O–H groups in total. The Hall–Kier alpha value is -0.730. The van der Waals surface area contributed by atoms with Crippen molar-refractivity contribution in [3.63, 3.8) is 0 Å². The van der Waals surface area contributed by atoms with Crippen LogP contribution in [0.4, 0.5) is 4.79 Å². The number of urea groups is 1. The molecular formula is C9H18N2O. The predicted octanol–water partition coefficient (Wildman–Crippen LogP) is 1.64. The minimum absolute atomic E-state index is 0.00347. The van der Waals surface area contributed by atoms with Crippen LogP contribution in [0.25, 0.3) is 0 Å². The molecule has 1 fully saturated rings. The van der Waals surface area contributed by atoms with E-state index in [2.05, 4.69) is 17.6 Å². The molecule has 1 rings (SSSR count). The van der Waals surface area contributed by atoms with Gasteiger partial charge in [-0.25, -0.2) is 4.79 Å². The molecule has 0 spiro atoms. The third kappa shape index (κ3) is 3.11. The highest BCUT2D eigenvalue weighted by Gasteiger charge is 2.16. The molecule has 2 amide bonds. The maximum atomic E-state index is 11.1. The van der Waals surface area contributed by atoms with E-state index in [1.165, 1.54) is 12.8 Å². The molecule has 12 heavy (non-hydrogen) atoms. The Morgan fingerprint density at radius 1 is 1.42 bits per heavy atom. The molecule has 0 bridgehead atoms. The molecular weight excluding hydrogens is 152 g/mol. The predicted molar refractivity (Wildman–Crippen MR) is 49.1 cm³/mol. The minimum Gasteiger partial charge on any atom is -0.338 e. The lowest BCUT2D eigenvalue weighted by atomic mass is 10.2. The molecule has 3 nitrogen and oxygen atoms in total. The monoisotopic (exact) mass is 170 g/mol. The van der Waals surface area contributed by atoms with Gasteiger partial charge in [0.05, 0.1) is 0 Å². The van der Waals surface area contributed by atoms with Crippen LogP contribution in [0.15, 0.2) is 0 Å². The number of carbonyl (C=O) groups is 1. The molecule has 0 atom stereocenters. The van der Waals surface area contributed by atoms with Gasteiger partial charge in [0.15, 0.2) is 0 Å². The zero-order chi connectivity index (χ0) is 8.81. The smallest absolute Gasteiger partial charge is 0.315 e. The number of carbonyl (C=O) groups excluding carboxylic acids is 1. The first-order valence-electron chi connectivity index (χ1n) is 4.87. The average molecular weight is 170 g/mol. The molecule has 1 aliphatic rings. The Balaban J connectivity index is 2.08. The van der Waals surface area contributed by atoms with Crippen LogP contribution in [0.1, 0.15) is 39.0 Å². The minimum atomic E-state index is 0.00347. The van der Waals surface area contributed by atoms with Crippen LogP contribution in [-0.2, 0) is 0 Å². The van der Waals surface area contributed by atoms with Crippen molar-refractivity contribution in [3.8, 4) is 0 Å². The third-order valence-electron chi connectivity index (χ3n) is 2.23. The van der Waals surface area contributed by atoms with E-state index in [4.69, 9.17) is 0 Å². The Morgan fingerprint density at radius 3 is 2.67 bits per heavy atom. The highest BCUT2D eigenvalue weighted by atomic mass is 16.2. The normalized spacial score (nSPS) is 17.8. The van der Waals surface area contributed by atoms with Crippen LogP contribution < -0.4 is 10.6 Å². The molecule has 1 aliphatic carbocycles. The van der Waals surface area contributed by atoms with E-state index in [-0.39, 0.29) is 6.03 Å². The summed E-state index contributed by atoms with van der Waals surface area (Å²) in [6, 6.07) is 0.436. The molecule has 0 saturated heterocycles. The Kier molecular flexibility index (Phi) is 3.91. The zero-order valence-corrected chi connectivity index (χ0v) is 7.73. The van der Waals surface area contributed by atoms with Gasteiger partial charge in [0.25, 0.3) is 0 Å². The quantitative estimate of drug-likeness (QED) is 0.664. The van der Waals surface area contributed by atoms with Gasteiger partial charge in [-0.15, -0.1) is 0 Å². The van der Waals surface area contributed by atoms with Crippen LogP contribution in [-0.4, -0.2) is 18.6 Å². The lowest BCUT2D eigenvalue weighted by Crippen LogP contribution is -2.41. The molecule has 0 aromatic rings. The maximum absolute atomic E-state index is 11.1. The molecule has 0 aromatic heterocycles. The average Bonchev–Trinajstić information content (AvgIpc) is 2.53. The van der Waals surface area contributed by atoms with Crippen LogP contribution in [0.5, 0.6) is 0 Å². The van der Waals surface area contributed by atoms with E-state index in [9.17, 15) is 4.79 Å². The Labute approximate surface area is 73.9 Å². The van der Waals surface area contributed by atoms with Gasteiger partial charge in [0.2, 0.25) is 0 Å². The maximum Gasteiger partial charge on any atom is 0.315 e. The molecule has 0 aliphatic heterocycles. The highest BCUT2D eigenvalue weighted by Crippen LogP contribution is 2.17. The number of hydrogen-bond acceptors (Lipinski definition) is 1. The fourth-order valence-electron chi connectivity index (χ4n) is 1.55. The summed E-state index contributed by atoms with van der Waals surface area (Å²) in [5.41, 5.74) is 0. The van der Waals surface area contributed by atoms with Gasteiger partial charge in [-0.05, 0) is 19.3 Å². The second kappa shape index (κ2) is 5.01. The second-order valence-electron chi connectivity index (χ2n) is 3.38. The van der Waals surface area contributed by atoms with Gasteiger partial charge < -0.3 is 10.6 Å². The lowest BCUT2D eigenvalue weighted by molar-refractivity contribution is 0.237. The van der Waals surface area contributed by atoms with Gasteiger partial charge in [0.1, 0.15) is 0 Å². The van der Waals surface area contributed by atoms with Gasteiger partial charge in [0, 0.05) is 12.6 Å². The van der Waals surface area contributed by atoms with E-state index >= 15 is 0 Å². The van der Waals surface area contributed by atoms with Gasteiger partial charge in [-0.3, -0.25) is 0 Å². The summed E-state index contributed by atoms with van der Waals surface area (Å²) in [6.45, 7) is 2.83. The molecule has 0 heterocycles. The number of hydrogen-bond donors (Lipinski definition) is 2. The molecule has 0 aromatic carbocycles. The molecule has 70 valence electrons. The molecule has 0 unspecified atom stereocenters. The van der Waals surface area contributed by atoms with Gasteiger partial charge in [-0.2, -0.15) is 0 Å². The van der Waals surface area contributed by atoms with Gasteiger partial charge >= 0.3 is 6.03 Å². The van der Waals surface area contributed by atoms with E-state index in [0.717, 1.165) is 25.8 Å². The first-order chi connectivity index (χ1) is 5.83. The van der Waals surface area contributed by atoms with Crippen molar-refractivity contribution >= 4 is 6.03 Å². The highest BCUT2D eigenvalue weighted by molar-refractivity contribution is 5.74. The summed E-state index contributed by atoms with van der Waals surface area (Å²) in [7, 11) is 0. The van der Waals surface area contributed by atoms with Crippen molar-refractivity contribution in [1.82, 2.24) is 10.6 Å². The van der Waals surface area contributed by atoms with Crippen molar-refractivity contribution in [3.05, 3.63) is 0 Å². The topological polar surface area (TPSA) is 41.1 Å². The zero-order valence-electron chi connectivity index (χ0n) is 7.73. The number of nitrogens with one attached hydrogen (secondary N) is 2. The van der Waals surface area contributed by atoms with E-state index < -0.39 is 0 Å². The van der Waals surface area contributed by atoms with Crippen molar-refractivity contribution in [2.75, 3.05) is 6.54 Å². The summed E-state index contributed by atoms with van der Waals surface area (Å²) < 4.78 is 0. The third-order valence-corrected chi connectivity index (χ3v) is 2.23. The number of rotatable bonds is 3. The second-order valence-corrected chi connectivity index (χ2v) is 3.38. The van der Waals surface area contributed by atoms with Crippen LogP contribution in [0.3, 0.4) is 0 Å². The van der Waals surface area contributed by atoms with Gasteiger partial charge in [-0.1, -0.05) is 19.8 Å². The van der Waals surface area contributed by atoms with E-state index in [1.54, 1.807) is 0 Å². The first-order valence-corrected chi connectivity index (χ1v) is 4.87. The Morgan fingerprint density at radius 2 is 2.08 bits per heavy atom. The number of amides is 2. The fraction of sp³-hybridized carbons (Fsp3) is 0.889. The standard InChI is InChI=1S/C9H18N2O/c1-2-7-10-9(12)11-8-5-3-4-6-8/h8H,2-7H2,1H3,(H2,10,11,12). The summed E-state index contributed by atoms with van der Waals surface area (Å²) in [6.07, 6.45) is 5.83. The summed E-state index contributed by atoms with van der Waals surface area (Å²) in [4.78, 5) is 11.1. The van der Waals surface area contributed by atoms with Crippen molar-refractivity contribution in [1.29, 1.82) is 0 Å². The van der Waals surface area contributed by atoms with Crippen molar-refractivity contribution in [2.24, 2.45) is 0 Å². The van der Waals surface area contributed by atoms with Crippen molar-refractivity contribution < 1.29 is 4.79 Å². The summed E-state index contributed by atoms with van der Waals surface area (Å²) in [5.74, 6) is 0. The largest absolute Gasteiger partial charge is 0.338 e. The molecule has 1 saturated carbocycles. The summed E-state index contributed by atoms with van der Waals surface area (Å²) in [5, 5.41) is 5.77. The Bertz CT molecular complexity index is 141. The lowest BCUT2D eigenvalue weighted by Gasteiger charge is -2.12. The van der Waals surface area contributed by atoms with Crippen LogP contribution in [0, 0.1) is 0 Å². The molecule has 0 radical (unpaired) electrons. The summed E-state index contributed by atoms with van der Waals surface area (Å²) >= 11 is 0. The first kappa shape index (κ1) is 9.36. The SMILES string of the molecule is CCCNC(=O)NC1CCCC1. The fourth-order valence-corrected chi connectivity index (χ4v) is 1.55. The van der Waals surface area contributed by atoms with E-state index in [1.807, 2.05) is 0 Å². The van der Waals surface area contributed by atoms with Crippen LogP contribution in [0.2, 0.25) is 0 Å². The van der Waals surface area contributed by atoms with Crippen LogP contribution >= 0.6 is 0 Å². The molecule has 3 heteroatoms.